The van der Waals surface area contributed by atoms with Crippen molar-refractivity contribution in [3.05, 3.63) is 27.7 Å². The summed E-state index contributed by atoms with van der Waals surface area (Å²) in [5.41, 5.74) is 0.661. The van der Waals surface area contributed by atoms with Gasteiger partial charge in [0.25, 0.3) is 0 Å². The number of benzene rings is 1. The van der Waals surface area contributed by atoms with Crippen molar-refractivity contribution in [3.63, 3.8) is 0 Å². The lowest BCUT2D eigenvalue weighted by Gasteiger charge is -2.13. The van der Waals surface area contributed by atoms with Crippen molar-refractivity contribution < 1.29 is 14.6 Å². The zero-order chi connectivity index (χ0) is 11.7. The van der Waals surface area contributed by atoms with Crippen LogP contribution in [0.2, 0.25) is 5.02 Å². The molecule has 1 aliphatic rings. The number of carbonyl (C=O) groups is 1. The smallest absolute Gasteiger partial charge is 0.414 e. The maximum absolute atomic E-state index is 11.5. The number of hydrogen-bond acceptors (Lipinski definition) is 3. The van der Waals surface area contributed by atoms with Crippen LogP contribution in [-0.2, 0) is 4.74 Å². The van der Waals surface area contributed by atoms with Gasteiger partial charge in [-0.25, -0.2) is 4.79 Å². The predicted octanol–water partition coefficient (Wildman–Crippen LogP) is 2.42. The fourth-order valence-electron chi connectivity index (χ4n) is 1.48. The lowest BCUT2D eigenvalue weighted by Crippen LogP contribution is -2.25. The van der Waals surface area contributed by atoms with E-state index in [1.54, 1.807) is 18.2 Å². The van der Waals surface area contributed by atoms with E-state index < -0.39 is 12.2 Å². The standard InChI is InChI=1S/C10H9BrClNO3/c11-8-2-1-6(3-9(8)12)13-4-7(5-14)16-10(13)15/h1-3,7,14H,4-5H2. The number of cyclic esters (lactones) is 1. The van der Waals surface area contributed by atoms with E-state index in [0.717, 1.165) is 4.47 Å². The Morgan fingerprint density at radius 3 is 2.94 bits per heavy atom. The van der Waals surface area contributed by atoms with E-state index in [1.807, 2.05) is 0 Å². The number of rotatable bonds is 2. The number of amides is 1. The van der Waals surface area contributed by atoms with Crippen LogP contribution in [0, 0.1) is 0 Å². The number of nitrogens with zero attached hydrogens (tertiary/aromatic N) is 1. The van der Waals surface area contributed by atoms with Crippen LogP contribution in [-0.4, -0.2) is 30.5 Å². The first-order valence-corrected chi connectivity index (χ1v) is 5.83. The highest BCUT2D eigenvalue weighted by Crippen LogP contribution is 2.29. The quantitative estimate of drug-likeness (QED) is 0.913. The van der Waals surface area contributed by atoms with Gasteiger partial charge in [-0.15, -0.1) is 0 Å². The molecule has 1 aliphatic heterocycles. The fourth-order valence-corrected chi connectivity index (χ4v) is 1.90. The summed E-state index contributed by atoms with van der Waals surface area (Å²) in [5, 5.41) is 9.44. The van der Waals surface area contributed by atoms with Crippen LogP contribution in [0.25, 0.3) is 0 Å². The van der Waals surface area contributed by atoms with E-state index in [4.69, 9.17) is 21.4 Å². The van der Waals surface area contributed by atoms with Gasteiger partial charge < -0.3 is 9.84 Å². The van der Waals surface area contributed by atoms with Crippen LogP contribution < -0.4 is 4.90 Å². The normalized spacial score (nSPS) is 20.1. The monoisotopic (exact) mass is 305 g/mol. The summed E-state index contributed by atoms with van der Waals surface area (Å²) in [5.74, 6) is 0. The Morgan fingerprint density at radius 1 is 1.62 bits per heavy atom. The molecular weight excluding hydrogens is 297 g/mol. The molecule has 1 N–H and O–H groups in total. The minimum Gasteiger partial charge on any atom is -0.441 e. The highest BCUT2D eigenvalue weighted by atomic mass is 79.9. The molecule has 1 fully saturated rings. The summed E-state index contributed by atoms with van der Waals surface area (Å²) < 4.78 is 5.70. The topological polar surface area (TPSA) is 49.8 Å². The summed E-state index contributed by atoms with van der Waals surface area (Å²) in [7, 11) is 0. The summed E-state index contributed by atoms with van der Waals surface area (Å²) in [6, 6.07) is 5.20. The molecular formula is C10H9BrClNO3. The molecule has 1 saturated heterocycles. The Morgan fingerprint density at radius 2 is 2.38 bits per heavy atom. The van der Waals surface area contributed by atoms with Crippen LogP contribution in [0.4, 0.5) is 10.5 Å². The van der Waals surface area contributed by atoms with Gasteiger partial charge in [0.1, 0.15) is 6.10 Å². The zero-order valence-electron chi connectivity index (χ0n) is 8.19. The second kappa shape index (κ2) is 4.61. The van der Waals surface area contributed by atoms with Crippen LogP contribution >= 0.6 is 27.5 Å². The number of hydrogen-bond donors (Lipinski definition) is 1. The molecule has 4 nitrogen and oxygen atoms in total. The summed E-state index contributed by atoms with van der Waals surface area (Å²) in [6.45, 7) is 0.166. The SMILES string of the molecule is O=C1OC(CO)CN1c1ccc(Br)c(Cl)c1. The molecule has 1 heterocycles. The van der Waals surface area contributed by atoms with E-state index in [1.165, 1.54) is 4.90 Å². The van der Waals surface area contributed by atoms with Gasteiger partial charge in [0.2, 0.25) is 0 Å². The van der Waals surface area contributed by atoms with Crippen molar-refractivity contribution in [3.8, 4) is 0 Å². The number of ether oxygens (including phenoxy) is 1. The van der Waals surface area contributed by atoms with E-state index in [0.29, 0.717) is 17.3 Å². The maximum Gasteiger partial charge on any atom is 0.414 e. The maximum atomic E-state index is 11.5. The predicted molar refractivity (Wildman–Crippen MR) is 63.9 cm³/mol. The van der Waals surface area contributed by atoms with E-state index >= 15 is 0 Å². The number of anilines is 1. The lowest BCUT2D eigenvalue weighted by molar-refractivity contribution is 0.0963. The third-order valence-corrected chi connectivity index (χ3v) is 3.53. The Labute approximate surface area is 106 Å². The molecule has 0 aromatic heterocycles. The van der Waals surface area contributed by atoms with Crippen molar-refractivity contribution in [2.24, 2.45) is 0 Å². The summed E-state index contributed by atoms with van der Waals surface area (Å²) >= 11 is 9.21. The van der Waals surface area contributed by atoms with Crippen molar-refractivity contribution in [2.75, 3.05) is 18.1 Å². The Bertz CT molecular complexity index is 427. The number of aliphatic hydroxyl groups is 1. The second-order valence-corrected chi connectivity index (χ2v) is 4.66. The summed E-state index contributed by atoms with van der Waals surface area (Å²) in [6.07, 6.45) is -0.924. The lowest BCUT2D eigenvalue weighted by atomic mass is 10.3. The molecule has 1 atom stereocenters. The van der Waals surface area contributed by atoms with Crippen LogP contribution in [0.1, 0.15) is 0 Å². The van der Waals surface area contributed by atoms with Gasteiger partial charge >= 0.3 is 6.09 Å². The largest absolute Gasteiger partial charge is 0.441 e. The molecule has 0 aliphatic carbocycles. The molecule has 1 amide bonds. The Kier molecular flexibility index (Phi) is 3.37. The third-order valence-electron chi connectivity index (χ3n) is 2.29. The Balaban J connectivity index is 2.24. The minimum atomic E-state index is -0.463. The van der Waals surface area contributed by atoms with Crippen LogP contribution in [0.5, 0.6) is 0 Å². The summed E-state index contributed by atoms with van der Waals surface area (Å²) in [4.78, 5) is 12.9. The molecule has 0 spiro atoms. The van der Waals surface area contributed by atoms with E-state index in [9.17, 15) is 4.79 Å². The zero-order valence-corrected chi connectivity index (χ0v) is 10.5. The molecule has 1 aromatic carbocycles. The molecule has 16 heavy (non-hydrogen) atoms. The molecule has 2 rings (SSSR count). The molecule has 0 radical (unpaired) electrons. The number of halogens is 2. The Hall–Kier alpha value is -0.780. The third kappa shape index (κ3) is 2.16. The van der Waals surface area contributed by atoms with E-state index in [-0.39, 0.29) is 6.61 Å². The first-order chi connectivity index (χ1) is 7.61. The average molecular weight is 307 g/mol. The van der Waals surface area contributed by atoms with Gasteiger partial charge in [-0.05, 0) is 34.1 Å². The highest BCUT2D eigenvalue weighted by molar-refractivity contribution is 9.10. The molecule has 1 aromatic rings. The second-order valence-electron chi connectivity index (χ2n) is 3.40. The molecule has 6 heteroatoms. The number of carbonyl (C=O) groups excluding carboxylic acids is 1. The highest BCUT2D eigenvalue weighted by Gasteiger charge is 2.31. The first-order valence-electron chi connectivity index (χ1n) is 4.66. The van der Waals surface area contributed by atoms with Crippen molar-refractivity contribution >= 4 is 39.3 Å². The molecule has 0 saturated carbocycles. The van der Waals surface area contributed by atoms with Crippen LogP contribution in [0.15, 0.2) is 22.7 Å². The van der Waals surface area contributed by atoms with Gasteiger partial charge in [-0.3, -0.25) is 4.90 Å². The van der Waals surface area contributed by atoms with Gasteiger partial charge in [-0.2, -0.15) is 0 Å². The van der Waals surface area contributed by atoms with Crippen molar-refractivity contribution in [2.45, 2.75) is 6.10 Å². The van der Waals surface area contributed by atoms with E-state index in [2.05, 4.69) is 15.9 Å². The van der Waals surface area contributed by atoms with Crippen molar-refractivity contribution in [1.82, 2.24) is 0 Å². The average Bonchev–Trinajstić information content (AvgIpc) is 2.64. The number of aliphatic hydroxyl groups excluding tert-OH is 1. The van der Waals surface area contributed by atoms with Gasteiger partial charge in [-0.1, -0.05) is 11.6 Å². The van der Waals surface area contributed by atoms with Gasteiger partial charge in [0.05, 0.1) is 18.2 Å². The molecule has 86 valence electrons. The fraction of sp³-hybridized carbons (Fsp3) is 0.300. The van der Waals surface area contributed by atoms with Crippen molar-refractivity contribution in [1.29, 1.82) is 0 Å². The van der Waals surface area contributed by atoms with Crippen LogP contribution in [0.3, 0.4) is 0 Å². The first kappa shape index (κ1) is 11.7. The molecule has 0 bridgehead atoms. The molecule has 1 unspecified atom stereocenters. The van der Waals surface area contributed by atoms with Gasteiger partial charge in [0, 0.05) is 10.2 Å². The minimum absolute atomic E-state index is 0.174. The van der Waals surface area contributed by atoms with Gasteiger partial charge in [0.15, 0.2) is 0 Å².